The third-order valence-corrected chi connectivity index (χ3v) is 4.58. The van der Waals surface area contributed by atoms with Crippen molar-refractivity contribution in [2.45, 2.75) is 58.0 Å². The fraction of sp³-hybridized carbons (Fsp3) is 1.00. The molecule has 1 saturated heterocycles. The van der Waals surface area contributed by atoms with Gasteiger partial charge >= 0.3 is 0 Å². The van der Waals surface area contributed by atoms with Gasteiger partial charge in [-0.1, -0.05) is 6.92 Å². The smallest absolute Gasteiger partial charge is 0.209 e. The lowest BCUT2D eigenvalue weighted by atomic mass is 10.0. The van der Waals surface area contributed by atoms with Crippen molar-refractivity contribution in [1.82, 2.24) is 14.9 Å². The molecular weight excluding hydrogens is 274 g/mol. The second-order valence-electron chi connectivity index (χ2n) is 6.61. The molecule has 0 spiro atoms. The average Bonchev–Trinajstić information content (AvgIpc) is 2.49. The first-order valence-corrected chi connectivity index (χ1v) is 9.56. The van der Waals surface area contributed by atoms with Crippen LogP contribution in [0.1, 0.15) is 46.5 Å². The summed E-state index contributed by atoms with van der Waals surface area (Å²) in [6, 6.07) is 0.498. The third kappa shape index (κ3) is 7.57. The minimum atomic E-state index is -3.16. The molecule has 120 valence electrons. The standard InChI is InChI=1S/C14H31N3O2S/c1-5-9-17-10-6-7-13(8-11-17)15-12-14(2,3)16-20(4,18)19/h13,15-16H,5-12H2,1-4H3. The van der Waals surface area contributed by atoms with Crippen LogP contribution in [0.15, 0.2) is 0 Å². The topological polar surface area (TPSA) is 61.4 Å². The van der Waals surface area contributed by atoms with Crippen LogP contribution in [0.25, 0.3) is 0 Å². The molecule has 1 unspecified atom stereocenters. The van der Waals surface area contributed by atoms with Gasteiger partial charge in [-0.05, 0) is 59.2 Å². The molecule has 6 heteroatoms. The third-order valence-electron chi connectivity index (χ3n) is 3.65. The summed E-state index contributed by atoms with van der Waals surface area (Å²) in [5.74, 6) is 0. The molecule has 0 aromatic rings. The van der Waals surface area contributed by atoms with Gasteiger partial charge in [0.2, 0.25) is 10.0 Å². The number of likely N-dealkylation sites (tertiary alicyclic amines) is 1. The van der Waals surface area contributed by atoms with Gasteiger partial charge in [0, 0.05) is 18.1 Å². The van der Waals surface area contributed by atoms with Crippen LogP contribution in [0.3, 0.4) is 0 Å². The number of hydrogen-bond acceptors (Lipinski definition) is 4. The van der Waals surface area contributed by atoms with E-state index in [9.17, 15) is 8.42 Å². The van der Waals surface area contributed by atoms with E-state index in [2.05, 4.69) is 21.9 Å². The minimum absolute atomic E-state index is 0.441. The molecule has 0 aliphatic carbocycles. The summed E-state index contributed by atoms with van der Waals surface area (Å²) in [4.78, 5) is 2.53. The highest BCUT2D eigenvalue weighted by molar-refractivity contribution is 7.88. The highest BCUT2D eigenvalue weighted by Gasteiger charge is 2.24. The zero-order valence-corrected chi connectivity index (χ0v) is 14.2. The minimum Gasteiger partial charge on any atom is -0.312 e. The van der Waals surface area contributed by atoms with Crippen LogP contribution < -0.4 is 10.0 Å². The van der Waals surface area contributed by atoms with E-state index in [1.807, 2.05) is 13.8 Å². The van der Waals surface area contributed by atoms with E-state index in [0.717, 1.165) is 13.0 Å². The SMILES string of the molecule is CCCN1CCCC(NCC(C)(C)NS(C)(=O)=O)CC1. The van der Waals surface area contributed by atoms with E-state index in [1.165, 1.54) is 38.6 Å². The Labute approximate surface area is 124 Å². The van der Waals surface area contributed by atoms with E-state index in [-0.39, 0.29) is 0 Å². The molecule has 0 aromatic carbocycles. The number of nitrogens with one attached hydrogen (secondary N) is 2. The Morgan fingerprint density at radius 1 is 1.25 bits per heavy atom. The number of sulfonamides is 1. The van der Waals surface area contributed by atoms with Crippen molar-refractivity contribution in [2.24, 2.45) is 0 Å². The first-order valence-electron chi connectivity index (χ1n) is 7.66. The molecule has 1 atom stereocenters. The summed E-state index contributed by atoms with van der Waals surface area (Å²) < 4.78 is 25.3. The molecule has 0 aromatic heterocycles. The molecule has 0 radical (unpaired) electrons. The lowest BCUT2D eigenvalue weighted by Crippen LogP contribution is -2.51. The van der Waals surface area contributed by atoms with Gasteiger partial charge in [0.1, 0.15) is 0 Å². The highest BCUT2D eigenvalue weighted by Crippen LogP contribution is 2.12. The van der Waals surface area contributed by atoms with Crippen molar-refractivity contribution >= 4 is 10.0 Å². The number of rotatable bonds is 7. The van der Waals surface area contributed by atoms with E-state index in [4.69, 9.17) is 0 Å². The molecule has 1 aliphatic heterocycles. The van der Waals surface area contributed by atoms with Crippen LogP contribution in [0.4, 0.5) is 0 Å². The maximum Gasteiger partial charge on any atom is 0.209 e. The van der Waals surface area contributed by atoms with Crippen molar-refractivity contribution in [2.75, 3.05) is 32.4 Å². The first-order chi connectivity index (χ1) is 9.22. The van der Waals surface area contributed by atoms with Crippen molar-refractivity contribution in [3.05, 3.63) is 0 Å². The second kappa shape index (κ2) is 7.73. The van der Waals surface area contributed by atoms with Gasteiger partial charge in [-0.25, -0.2) is 13.1 Å². The quantitative estimate of drug-likeness (QED) is 0.741. The van der Waals surface area contributed by atoms with Crippen molar-refractivity contribution in [1.29, 1.82) is 0 Å². The Balaban J connectivity index is 2.38. The summed E-state index contributed by atoms with van der Waals surface area (Å²) >= 11 is 0. The normalized spacial score (nSPS) is 22.7. The van der Waals surface area contributed by atoms with E-state index >= 15 is 0 Å². The molecule has 1 rings (SSSR count). The molecule has 1 aliphatic rings. The molecule has 5 nitrogen and oxygen atoms in total. The van der Waals surface area contributed by atoms with Crippen LogP contribution in [-0.4, -0.2) is 57.3 Å². The Morgan fingerprint density at radius 2 is 1.95 bits per heavy atom. The van der Waals surface area contributed by atoms with Gasteiger partial charge in [0.05, 0.1) is 6.26 Å². The zero-order valence-electron chi connectivity index (χ0n) is 13.4. The highest BCUT2D eigenvalue weighted by atomic mass is 32.2. The van der Waals surface area contributed by atoms with Crippen LogP contribution in [-0.2, 0) is 10.0 Å². The van der Waals surface area contributed by atoms with E-state index in [1.54, 1.807) is 0 Å². The van der Waals surface area contributed by atoms with Gasteiger partial charge in [0.25, 0.3) is 0 Å². The van der Waals surface area contributed by atoms with Gasteiger partial charge in [-0.3, -0.25) is 0 Å². The molecule has 0 amide bonds. The Kier molecular flexibility index (Phi) is 6.91. The van der Waals surface area contributed by atoms with Crippen LogP contribution >= 0.6 is 0 Å². The summed E-state index contributed by atoms with van der Waals surface area (Å²) in [6.45, 7) is 10.2. The molecule has 2 N–H and O–H groups in total. The van der Waals surface area contributed by atoms with Gasteiger partial charge in [-0.15, -0.1) is 0 Å². The second-order valence-corrected chi connectivity index (χ2v) is 8.36. The number of hydrogen-bond donors (Lipinski definition) is 2. The molecule has 1 fully saturated rings. The fourth-order valence-electron chi connectivity index (χ4n) is 2.84. The molecular formula is C14H31N3O2S. The summed E-state index contributed by atoms with van der Waals surface area (Å²) in [5.41, 5.74) is -0.441. The molecule has 20 heavy (non-hydrogen) atoms. The summed E-state index contributed by atoms with van der Waals surface area (Å²) in [5, 5.41) is 3.53. The van der Waals surface area contributed by atoms with Crippen molar-refractivity contribution in [3.8, 4) is 0 Å². The average molecular weight is 305 g/mol. The predicted octanol–water partition coefficient (Wildman–Crippen LogP) is 1.17. The van der Waals surface area contributed by atoms with Crippen molar-refractivity contribution < 1.29 is 8.42 Å². The number of nitrogens with zero attached hydrogens (tertiary/aromatic N) is 1. The Hall–Kier alpha value is -0.170. The van der Waals surface area contributed by atoms with E-state index < -0.39 is 15.6 Å². The zero-order chi connectivity index (χ0) is 15.2. The van der Waals surface area contributed by atoms with Crippen LogP contribution in [0.5, 0.6) is 0 Å². The lowest BCUT2D eigenvalue weighted by Gasteiger charge is -2.28. The maximum absolute atomic E-state index is 11.3. The van der Waals surface area contributed by atoms with Gasteiger partial charge in [-0.2, -0.15) is 0 Å². The lowest BCUT2D eigenvalue weighted by molar-refractivity contribution is 0.281. The van der Waals surface area contributed by atoms with Gasteiger partial charge in [0.15, 0.2) is 0 Å². The summed E-state index contributed by atoms with van der Waals surface area (Å²) in [6.07, 6.45) is 5.97. The van der Waals surface area contributed by atoms with Gasteiger partial charge < -0.3 is 10.2 Å². The maximum atomic E-state index is 11.3. The monoisotopic (exact) mass is 305 g/mol. The van der Waals surface area contributed by atoms with Crippen LogP contribution in [0.2, 0.25) is 0 Å². The van der Waals surface area contributed by atoms with Crippen LogP contribution in [0, 0.1) is 0 Å². The molecule has 0 saturated carbocycles. The predicted molar refractivity (Wildman–Crippen MR) is 84.4 cm³/mol. The van der Waals surface area contributed by atoms with E-state index in [0.29, 0.717) is 12.6 Å². The molecule has 1 heterocycles. The fourth-order valence-corrected chi connectivity index (χ4v) is 3.91. The summed E-state index contributed by atoms with van der Waals surface area (Å²) in [7, 11) is -3.16. The van der Waals surface area contributed by atoms with Crippen molar-refractivity contribution in [3.63, 3.8) is 0 Å². The Morgan fingerprint density at radius 3 is 2.55 bits per heavy atom. The molecule has 0 bridgehead atoms. The first kappa shape index (κ1) is 17.9. The largest absolute Gasteiger partial charge is 0.312 e. The Bertz CT molecular complexity index is 382.